The Morgan fingerprint density at radius 3 is 0.804 bits per heavy atom. The van der Waals surface area contributed by atoms with Crippen molar-refractivity contribution < 1.29 is 18.9 Å². The summed E-state index contributed by atoms with van der Waals surface area (Å²) in [5.41, 5.74) is 8.83. The fourth-order valence-electron chi connectivity index (χ4n) is 5.41. The van der Waals surface area contributed by atoms with Gasteiger partial charge in [-0.3, -0.25) is 0 Å². The molecule has 230 valence electrons. The highest BCUT2D eigenvalue weighted by molar-refractivity contribution is 8.76. The molecule has 0 unspecified atom stereocenters. The van der Waals surface area contributed by atoms with E-state index >= 15 is 0 Å². The molecule has 0 atom stereocenters. The van der Waals surface area contributed by atoms with Crippen molar-refractivity contribution in [3.8, 4) is 67.5 Å². The molecule has 46 heavy (non-hydrogen) atoms. The fraction of sp³-hybridized carbons (Fsp3) is 0.100. The van der Waals surface area contributed by atoms with E-state index in [0.717, 1.165) is 77.3 Å². The van der Waals surface area contributed by atoms with Crippen molar-refractivity contribution >= 4 is 21.6 Å². The summed E-state index contributed by atoms with van der Waals surface area (Å²) < 4.78 is 22.4. The molecule has 6 rings (SSSR count). The molecule has 6 heteroatoms. The number of ether oxygens (including phenoxy) is 4. The van der Waals surface area contributed by atoms with Crippen LogP contribution in [0, 0.1) is 0 Å². The Labute approximate surface area is 278 Å². The van der Waals surface area contributed by atoms with E-state index in [9.17, 15) is 0 Å². The van der Waals surface area contributed by atoms with Crippen LogP contribution in [0.5, 0.6) is 23.0 Å². The van der Waals surface area contributed by atoms with Gasteiger partial charge >= 0.3 is 0 Å². The summed E-state index contributed by atoms with van der Waals surface area (Å²) in [4.78, 5) is 2.29. The van der Waals surface area contributed by atoms with Crippen molar-refractivity contribution in [1.29, 1.82) is 0 Å². The Bertz CT molecular complexity index is 1700. The van der Waals surface area contributed by atoms with Gasteiger partial charge in [-0.15, -0.1) is 0 Å². The van der Waals surface area contributed by atoms with Crippen LogP contribution < -0.4 is 18.9 Å². The molecular formula is C40H34O4S2. The number of hydrogen-bond donors (Lipinski definition) is 0. The van der Waals surface area contributed by atoms with Crippen LogP contribution in [0.25, 0.3) is 44.5 Å². The maximum absolute atomic E-state index is 5.61. The summed E-state index contributed by atoms with van der Waals surface area (Å²) in [7, 11) is 10.3. The summed E-state index contributed by atoms with van der Waals surface area (Å²) in [5.74, 6) is 3.27. The van der Waals surface area contributed by atoms with E-state index in [1.54, 1.807) is 50.0 Å². The Hall–Kier alpha value is -4.78. The molecule has 0 amide bonds. The van der Waals surface area contributed by atoms with Gasteiger partial charge in [0.25, 0.3) is 0 Å². The molecule has 0 aromatic heterocycles. The van der Waals surface area contributed by atoms with Gasteiger partial charge in [-0.25, -0.2) is 0 Å². The van der Waals surface area contributed by atoms with Gasteiger partial charge in [-0.05, 0) is 93.0 Å². The molecule has 0 radical (unpaired) electrons. The Morgan fingerprint density at radius 2 is 0.565 bits per heavy atom. The standard InChI is InChI=1S/C40H34O4S2/c1-41-31-15-5-11-27(23-31)35-19-9-20-36(28-12-6-16-32(24-28)42-2)39(35)45-46-40-37(29-13-7-17-33(25-29)43-3)21-10-22-38(40)30-14-8-18-34(26-30)44-4/h5-26H,1-4H3. The largest absolute Gasteiger partial charge is 0.497 e. The van der Waals surface area contributed by atoms with Gasteiger partial charge < -0.3 is 18.9 Å². The first-order chi connectivity index (χ1) is 22.6. The second kappa shape index (κ2) is 14.5. The first-order valence-electron chi connectivity index (χ1n) is 14.8. The van der Waals surface area contributed by atoms with Crippen molar-refractivity contribution in [1.82, 2.24) is 0 Å². The Morgan fingerprint density at radius 1 is 0.326 bits per heavy atom. The third-order valence-corrected chi connectivity index (χ3v) is 10.3. The SMILES string of the molecule is COc1cccc(-c2cccc(-c3cccc(OC)c3)c2SSc2c(-c3cccc(OC)c3)cccc2-c2cccc(OC)c2)c1. The van der Waals surface area contributed by atoms with Gasteiger partial charge in [0.05, 0.1) is 28.4 Å². The molecule has 0 saturated carbocycles. The first kappa shape index (κ1) is 31.2. The van der Waals surface area contributed by atoms with Gasteiger partial charge in [0, 0.05) is 9.79 Å². The van der Waals surface area contributed by atoms with Crippen LogP contribution in [0.1, 0.15) is 0 Å². The van der Waals surface area contributed by atoms with E-state index in [1.165, 1.54) is 0 Å². The van der Waals surface area contributed by atoms with Gasteiger partial charge in [0.15, 0.2) is 0 Å². The van der Waals surface area contributed by atoms with Crippen molar-refractivity contribution in [2.24, 2.45) is 0 Å². The van der Waals surface area contributed by atoms with Crippen LogP contribution in [-0.4, -0.2) is 28.4 Å². The molecule has 6 aromatic carbocycles. The zero-order valence-corrected chi connectivity index (χ0v) is 27.8. The lowest BCUT2D eigenvalue weighted by atomic mass is 9.98. The minimum Gasteiger partial charge on any atom is -0.497 e. The molecule has 0 aliphatic rings. The molecule has 0 N–H and O–H groups in total. The molecule has 0 heterocycles. The fourth-order valence-corrected chi connectivity index (χ4v) is 8.26. The second-order valence-corrected chi connectivity index (χ2v) is 12.6. The molecule has 0 aliphatic carbocycles. The van der Waals surface area contributed by atoms with E-state index in [4.69, 9.17) is 18.9 Å². The van der Waals surface area contributed by atoms with Crippen molar-refractivity contribution in [3.63, 3.8) is 0 Å². The summed E-state index contributed by atoms with van der Waals surface area (Å²) >= 11 is 0. The highest BCUT2D eigenvalue weighted by atomic mass is 33.1. The van der Waals surface area contributed by atoms with E-state index in [1.807, 2.05) is 48.5 Å². The van der Waals surface area contributed by atoms with Crippen LogP contribution in [0.15, 0.2) is 143 Å². The van der Waals surface area contributed by atoms with E-state index in [2.05, 4.69) is 84.9 Å². The highest BCUT2D eigenvalue weighted by Gasteiger charge is 2.19. The number of hydrogen-bond acceptors (Lipinski definition) is 6. The summed E-state index contributed by atoms with van der Waals surface area (Å²) in [6.07, 6.45) is 0. The molecule has 0 spiro atoms. The molecule has 6 aromatic rings. The lowest BCUT2D eigenvalue weighted by Gasteiger charge is -2.19. The van der Waals surface area contributed by atoms with E-state index in [-0.39, 0.29) is 0 Å². The second-order valence-electron chi connectivity index (χ2n) is 10.5. The van der Waals surface area contributed by atoms with Crippen molar-refractivity contribution in [2.45, 2.75) is 9.79 Å². The van der Waals surface area contributed by atoms with Gasteiger partial charge in [0.2, 0.25) is 0 Å². The summed E-state index contributed by atoms with van der Waals surface area (Å²) in [6.45, 7) is 0. The smallest absolute Gasteiger partial charge is 0.119 e. The van der Waals surface area contributed by atoms with Crippen molar-refractivity contribution in [3.05, 3.63) is 133 Å². The third-order valence-electron chi connectivity index (χ3n) is 7.76. The van der Waals surface area contributed by atoms with Crippen molar-refractivity contribution in [2.75, 3.05) is 28.4 Å². The molecule has 0 fully saturated rings. The first-order valence-corrected chi connectivity index (χ1v) is 16.9. The lowest BCUT2D eigenvalue weighted by Crippen LogP contribution is -1.91. The topological polar surface area (TPSA) is 36.9 Å². The number of rotatable bonds is 11. The van der Waals surface area contributed by atoms with Gasteiger partial charge in [-0.1, -0.05) is 107 Å². The molecule has 0 saturated heterocycles. The lowest BCUT2D eigenvalue weighted by molar-refractivity contribution is 0.415. The highest BCUT2D eigenvalue weighted by Crippen LogP contribution is 2.52. The number of methoxy groups -OCH3 is 4. The summed E-state index contributed by atoms with van der Waals surface area (Å²) in [6, 6.07) is 45.9. The summed E-state index contributed by atoms with van der Waals surface area (Å²) in [5, 5.41) is 0. The Balaban J connectivity index is 1.53. The van der Waals surface area contributed by atoms with Gasteiger partial charge in [0.1, 0.15) is 23.0 Å². The van der Waals surface area contributed by atoms with Crippen LogP contribution in [0.4, 0.5) is 0 Å². The quantitative estimate of drug-likeness (QED) is 0.131. The normalized spacial score (nSPS) is 10.8. The van der Waals surface area contributed by atoms with Crippen LogP contribution in [0.3, 0.4) is 0 Å². The zero-order valence-electron chi connectivity index (χ0n) is 26.2. The monoisotopic (exact) mass is 642 g/mol. The predicted molar refractivity (Wildman–Crippen MR) is 193 cm³/mol. The molecular weight excluding hydrogens is 609 g/mol. The third kappa shape index (κ3) is 6.74. The minimum atomic E-state index is 0.816. The predicted octanol–water partition coefficient (Wildman–Crippen LogP) is 11.2. The maximum Gasteiger partial charge on any atom is 0.119 e. The molecule has 0 aliphatic heterocycles. The zero-order chi connectivity index (χ0) is 31.9. The molecule has 0 bridgehead atoms. The minimum absolute atomic E-state index is 0.816. The average Bonchev–Trinajstić information content (AvgIpc) is 3.13. The Kier molecular flexibility index (Phi) is 9.87. The average molecular weight is 643 g/mol. The van der Waals surface area contributed by atoms with Crippen LogP contribution in [-0.2, 0) is 0 Å². The van der Waals surface area contributed by atoms with Crippen LogP contribution in [0.2, 0.25) is 0 Å². The number of benzene rings is 6. The van der Waals surface area contributed by atoms with Gasteiger partial charge in [-0.2, -0.15) is 0 Å². The van der Waals surface area contributed by atoms with E-state index in [0.29, 0.717) is 0 Å². The maximum atomic E-state index is 5.61. The van der Waals surface area contributed by atoms with E-state index < -0.39 is 0 Å². The molecule has 4 nitrogen and oxygen atoms in total. The van der Waals surface area contributed by atoms with Crippen LogP contribution >= 0.6 is 21.6 Å².